The van der Waals surface area contributed by atoms with Crippen molar-refractivity contribution >= 4 is 28.4 Å². The van der Waals surface area contributed by atoms with Gasteiger partial charge in [-0.1, -0.05) is 42.5 Å². The Morgan fingerprint density at radius 1 is 1.03 bits per heavy atom. The molecule has 6 heteroatoms. The van der Waals surface area contributed by atoms with Crippen LogP contribution in [0.4, 0.5) is 4.39 Å². The normalized spacial score (nSPS) is 15.8. The van der Waals surface area contributed by atoms with Crippen LogP contribution in [0.15, 0.2) is 71.6 Å². The lowest BCUT2D eigenvalue weighted by molar-refractivity contribution is -0.118. The molecule has 4 rings (SSSR count). The third-order valence-electron chi connectivity index (χ3n) is 5.32. The van der Waals surface area contributed by atoms with Crippen molar-refractivity contribution in [1.29, 1.82) is 0 Å². The number of rotatable bonds is 7. The molecular weight excluding hydrogens is 399 g/mol. The van der Waals surface area contributed by atoms with Crippen molar-refractivity contribution in [1.82, 2.24) is 10.2 Å². The summed E-state index contributed by atoms with van der Waals surface area (Å²) in [6.07, 6.45) is 0. The summed E-state index contributed by atoms with van der Waals surface area (Å²) in [6.45, 7) is 3.42. The van der Waals surface area contributed by atoms with Crippen molar-refractivity contribution in [2.45, 2.75) is 10.9 Å². The molecule has 1 aliphatic rings. The van der Waals surface area contributed by atoms with E-state index in [-0.39, 0.29) is 17.8 Å². The first-order chi connectivity index (χ1) is 14.7. The van der Waals surface area contributed by atoms with Crippen LogP contribution in [0.5, 0.6) is 0 Å². The highest BCUT2D eigenvalue weighted by molar-refractivity contribution is 8.00. The lowest BCUT2D eigenvalue weighted by atomic mass is 10.0. The van der Waals surface area contributed by atoms with Gasteiger partial charge in [0.25, 0.3) is 0 Å². The van der Waals surface area contributed by atoms with E-state index in [1.54, 1.807) is 12.1 Å². The van der Waals surface area contributed by atoms with Crippen LogP contribution in [0.25, 0.3) is 10.8 Å². The summed E-state index contributed by atoms with van der Waals surface area (Å²) in [6, 6.07) is 21.0. The van der Waals surface area contributed by atoms with E-state index >= 15 is 0 Å². The van der Waals surface area contributed by atoms with Crippen LogP contribution in [-0.4, -0.2) is 49.4 Å². The summed E-state index contributed by atoms with van der Waals surface area (Å²) >= 11 is 1.53. The van der Waals surface area contributed by atoms with Crippen LogP contribution in [0, 0.1) is 5.82 Å². The Labute approximate surface area is 180 Å². The SMILES string of the molecule is O=C(CSc1ccc2ccccc2c1)NCC(c1ccc(F)cc1)N1CCOCC1. The number of halogens is 1. The summed E-state index contributed by atoms with van der Waals surface area (Å²) in [5.74, 6) is 0.0984. The summed E-state index contributed by atoms with van der Waals surface area (Å²) in [7, 11) is 0. The number of fused-ring (bicyclic) bond motifs is 1. The highest BCUT2D eigenvalue weighted by Crippen LogP contribution is 2.24. The number of hydrogen-bond donors (Lipinski definition) is 1. The van der Waals surface area contributed by atoms with E-state index in [2.05, 4.69) is 40.5 Å². The van der Waals surface area contributed by atoms with Gasteiger partial charge in [0.05, 0.1) is 25.0 Å². The molecule has 3 aromatic carbocycles. The molecule has 0 bridgehead atoms. The topological polar surface area (TPSA) is 41.6 Å². The van der Waals surface area contributed by atoms with Gasteiger partial charge < -0.3 is 10.1 Å². The van der Waals surface area contributed by atoms with Gasteiger partial charge in [0.15, 0.2) is 0 Å². The number of thioether (sulfide) groups is 1. The fourth-order valence-corrected chi connectivity index (χ4v) is 4.47. The van der Waals surface area contributed by atoms with E-state index in [1.165, 1.54) is 34.7 Å². The fourth-order valence-electron chi connectivity index (χ4n) is 3.70. The summed E-state index contributed by atoms with van der Waals surface area (Å²) in [5, 5.41) is 5.43. The molecular formula is C24H25FN2O2S. The molecule has 0 aromatic heterocycles. The minimum absolute atomic E-state index is 0.00381. The van der Waals surface area contributed by atoms with Crippen LogP contribution in [0.1, 0.15) is 11.6 Å². The molecule has 1 amide bonds. The fraction of sp³-hybridized carbons (Fsp3) is 0.292. The summed E-state index contributed by atoms with van der Waals surface area (Å²) < 4.78 is 18.8. The molecule has 0 spiro atoms. The number of carbonyl (C=O) groups excluding carboxylic acids is 1. The quantitative estimate of drug-likeness (QED) is 0.576. The van der Waals surface area contributed by atoms with E-state index in [1.807, 2.05) is 12.1 Å². The second-order valence-corrected chi connectivity index (χ2v) is 8.37. The maximum Gasteiger partial charge on any atom is 0.230 e. The van der Waals surface area contributed by atoms with Crippen molar-refractivity contribution in [3.63, 3.8) is 0 Å². The van der Waals surface area contributed by atoms with Gasteiger partial charge in [-0.25, -0.2) is 4.39 Å². The number of ether oxygens (including phenoxy) is 1. The van der Waals surface area contributed by atoms with Gasteiger partial charge in [-0.05, 0) is 40.6 Å². The number of morpholine rings is 1. The molecule has 1 aliphatic heterocycles. The molecule has 0 aliphatic carbocycles. The maximum absolute atomic E-state index is 13.4. The molecule has 156 valence electrons. The molecule has 0 radical (unpaired) electrons. The Morgan fingerprint density at radius 2 is 1.77 bits per heavy atom. The van der Waals surface area contributed by atoms with Crippen molar-refractivity contribution < 1.29 is 13.9 Å². The Bertz CT molecular complexity index is 990. The van der Waals surface area contributed by atoms with Gasteiger partial charge in [0, 0.05) is 24.5 Å². The number of carbonyl (C=O) groups is 1. The lowest BCUT2D eigenvalue weighted by Gasteiger charge is -2.35. The number of benzene rings is 3. The van der Waals surface area contributed by atoms with Gasteiger partial charge in [0.2, 0.25) is 5.91 Å². The van der Waals surface area contributed by atoms with Crippen LogP contribution < -0.4 is 5.32 Å². The zero-order valence-electron chi connectivity index (χ0n) is 16.7. The summed E-state index contributed by atoms with van der Waals surface area (Å²) in [5.41, 5.74) is 1.00. The molecule has 1 atom stereocenters. The highest BCUT2D eigenvalue weighted by atomic mass is 32.2. The summed E-state index contributed by atoms with van der Waals surface area (Å²) in [4.78, 5) is 15.9. The second-order valence-electron chi connectivity index (χ2n) is 7.32. The molecule has 0 saturated carbocycles. The van der Waals surface area contributed by atoms with Gasteiger partial charge in [-0.3, -0.25) is 9.69 Å². The molecule has 3 aromatic rings. The lowest BCUT2D eigenvalue weighted by Crippen LogP contribution is -2.44. The second kappa shape index (κ2) is 10.1. The number of amides is 1. The first-order valence-corrected chi connectivity index (χ1v) is 11.1. The van der Waals surface area contributed by atoms with Crippen LogP contribution in [0.3, 0.4) is 0 Å². The van der Waals surface area contributed by atoms with Gasteiger partial charge in [-0.15, -0.1) is 11.8 Å². The Balaban J connectivity index is 1.36. The van der Waals surface area contributed by atoms with Crippen molar-refractivity contribution in [2.24, 2.45) is 0 Å². The van der Waals surface area contributed by atoms with Crippen LogP contribution in [0.2, 0.25) is 0 Å². The van der Waals surface area contributed by atoms with Crippen molar-refractivity contribution in [3.05, 3.63) is 78.1 Å². The van der Waals surface area contributed by atoms with E-state index in [0.29, 0.717) is 25.5 Å². The first-order valence-electron chi connectivity index (χ1n) is 10.1. The minimum atomic E-state index is -0.254. The van der Waals surface area contributed by atoms with Gasteiger partial charge in [-0.2, -0.15) is 0 Å². The minimum Gasteiger partial charge on any atom is -0.379 e. The average molecular weight is 425 g/mol. The standard InChI is InChI=1S/C24H25FN2O2S/c25-21-8-5-19(6-9-21)23(27-11-13-29-14-12-27)16-26-24(28)17-30-22-10-7-18-3-1-2-4-20(18)15-22/h1-10,15,23H,11-14,16-17H2,(H,26,28). The third kappa shape index (κ3) is 5.39. The zero-order chi connectivity index (χ0) is 20.8. The van der Waals surface area contributed by atoms with Crippen LogP contribution in [-0.2, 0) is 9.53 Å². The van der Waals surface area contributed by atoms with E-state index in [4.69, 9.17) is 4.74 Å². The molecule has 1 fully saturated rings. The van der Waals surface area contributed by atoms with Gasteiger partial charge >= 0.3 is 0 Å². The predicted molar refractivity (Wildman–Crippen MR) is 119 cm³/mol. The third-order valence-corrected chi connectivity index (χ3v) is 6.32. The molecule has 4 nitrogen and oxygen atoms in total. The molecule has 30 heavy (non-hydrogen) atoms. The van der Waals surface area contributed by atoms with Crippen molar-refractivity contribution in [3.8, 4) is 0 Å². The largest absolute Gasteiger partial charge is 0.379 e. The molecule has 1 heterocycles. The first kappa shape index (κ1) is 20.8. The van der Waals surface area contributed by atoms with Gasteiger partial charge in [0.1, 0.15) is 5.82 Å². The molecule has 1 saturated heterocycles. The van der Waals surface area contributed by atoms with E-state index < -0.39 is 0 Å². The average Bonchev–Trinajstić information content (AvgIpc) is 2.79. The monoisotopic (exact) mass is 424 g/mol. The molecule has 1 unspecified atom stereocenters. The highest BCUT2D eigenvalue weighted by Gasteiger charge is 2.23. The maximum atomic E-state index is 13.4. The van der Waals surface area contributed by atoms with Crippen molar-refractivity contribution in [2.75, 3.05) is 38.6 Å². The number of nitrogens with zero attached hydrogens (tertiary/aromatic N) is 1. The number of nitrogens with one attached hydrogen (secondary N) is 1. The van der Waals surface area contributed by atoms with E-state index in [9.17, 15) is 9.18 Å². The smallest absolute Gasteiger partial charge is 0.230 e. The van der Waals surface area contributed by atoms with Crippen LogP contribution >= 0.6 is 11.8 Å². The molecule has 1 N–H and O–H groups in total. The number of hydrogen-bond acceptors (Lipinski definition) is 4. The Hall–Kier alpha value is -2.41. The zero-order valence-corrected chi connectivity index (χ0v) is 17.5. The predicted octanol–water partition coefficient (Wildman–Crippen LogP) is 4.26. The Morgan fingerprint density at radius 3 is 2.53 bits per heavy atom. The Kier molecular flexibility index (Phi) is 7.00. The van der Waals surface area contributed by atoms with E-state index in [0.717, 1.165) is 23.5 Å².